The van der Waals surface area contributed by atoms with Gasteiger partial charge in [0.15, 0.2) is 5.75 Å². The number of para-hydroxylation sites is 2. The van der Waals surface area contributed by atoms with Gasteiger partial charge in [0.1, 0.15) is 12.3 Å². The molecular weight excluding hydrogens is 465 g/mol. The summed E-state index contributed by atoms with van der Waals surface area (Å²) < 4.78 is 50.7. The third-order valence-electron chi connectivity index (χ3n) is 4.82. The van der Waals surface area contributed by atoms with E-state index in [9.17, 15) is 32.9 Å². The summed E-state index contributed by atoms with van der Waals surface area (Å²) in [5.74, 6) is 0.0348. The van der Waals surface area contributed by atoms with Gasteiger partial charge in [0, 0.05) is 24.6 Å². The average molecular weight is 478 g/mol. The van der Waals surface area contributed by atoms with Crippen LogP contribution in [0, 0.1) is 10.1 Å². The second-order valence-corrected chi connectivity index (χ2v) is 7.67. The molecule has 4 aromatic rings. The summed E-state index contributed by atoms with van der Waals surface area (Å²) in [5, 5.41) is 11.6. The third-order valence-corrected chi connectivity index (χ3v) is 5.69. The monoisotopic (exact) mass is 478 g/mol. The lowest BCUT2D eigenvalue weighted by Crippen LogP contribution is -2.40. The molecule has 0 radical (unpaired) electrons. The molecule has 0 aliphatic rings. The molecule has 0 fully saturated rings. The van der Waals surface area contributed by atoms with Crippen molar-refractivity contribution in [1.29, 1.82) is 0 Å². The highest BCUT2D eigenvalue weighted by molar-refractivity contribution is 7.13. The van der Waals surface area contributed by atoms with Crippen molar-refractivity contribution in [3.8, 4) is 11.4 Å². The Bertz CT molecular complexity index is 1510. The quantitative estimate of drug-likeness (QED) is 0.320. The van der Waals surface area contributed by atoms with E-state index in [0.717, 1.165) is 18.6 Å². The van der Waals surface area contributed by atoms with E-state index in [-0.39, 0.29) is 23.7 Å². The minimum absolute atomic E-state index is 0.0348. The van der Waals surface area contributed by atoms with Gasteiger partial charge in [-0.05, 0) is 35.8 Å². The second-order valence-electron chi connectivity index (χ2n) is 6.87. The van der Waals surface area contributed by atoms with Gasteiger partial charge in [-0.1, -0.05) is 12.1 Å². The van der Waals surface area contributed by atoms with Crippen LogP contribution < -0.4 is 16.0 Å². The van der Waals surface area contributed by atoms with Gasteiger partial charge >= 0.3 is 17.6 Å². The average Bonchev–Trinajstić information content (AvgIpc) is 3.16. The highest BCUT2D eigenvalue weighted by Crippen LogP contribution is 2.30. The molecule has 0 saturated carbocycles. The standard InChI is InChI=1S/C20H13F3N4O5S/c1-25-17(20(21,22)23)9-18(28)26(19(25)29)11-6-7-16-12(8-11)13(24-33-16)10-32-15-5-3-2-4-14(15)27(30)31/h2-9H,10H2,1H3. The fourth-order valence-corrected chi connectivity index (χ4v) is 3.99. The molecule has 9 nitrogen and oxygen atoms in total. The molecular formula is C20H13F3N4O5S. The third kappa shape index (κ3) is 4.09. The number of ether oxygens (including phenoxy) is 1. The Balaban J connectivity index is 1.75. The number of nitro benzene ring substituents is 1. The minimum Gasteiger partial charge on any atom is -0.480 e. The Morgan fingerprint density at radius 3 is 2.58 bits per heavy atom. The second kappa shape index (κ2) is 8.16. The van der Waals surface area contributed by atoms with Gasteiger partial charge in [-0.2, -0.15) is 17.5 Å². The molecule has 0 amide bonds. The number of nitro groups is 1. The van der Waals surface area contributed by atoms with Crippen molar-refractivity contribution in [2.75, 3.05) is 0 Å². The van der Waals surface area contributed by atoms with Crippen LogP contribution in [0.5, 0.6) is 5.75 Å². The first-order chi connectivity index (χ1) is 15.6. The molecule has 4 rings (SSSR count). The number of hydrogen-bond donors (Lipinski definition) is 0. The molecule has 2 heterocycles. The number of fused-ring (bicyclic) bond motifs is 1. The van der Waals surface area contributed by atoms with Gasteiger partial charge in [-0.3, -0.25) is 19.5 Å². The van der Waals surface area contributed by atoms with Gasteiger partial charge < -0.3 is 4.74 Å². The van der Waals surface area contributed by atoms with Crippen LogP contribution in [-0.4, -0.2) is 18.4 Å². The van der Waals surface area contributed by atoms with E-state index in [1.807, 2.05) is 0 Å². The van der Waals surface area contributed by atoms with Crippen LogP contribution in [0.3, 0.4) is 0 Å². The van der Waals surface area contributed by atoms with Gasteiger partial charge in [-0.25, -0.2) is 9.36 Å². The number of nitrogens with zero attached hydrogens (tertiary/aromatic N) is 4. The first-order valence-corrected chi connectivity index (χ1v) is 10.0. The Morgan fingerprint density at radius 2 is 1.88 bits per heavy atom. The Morgan fingerprint density at radius 1 is 1.15 bits per heavy atom. The number of benzene rings is 2. The molecule has 0 spiro atoms. The van der Waals surface area contributed by atoms with Crippen LogP contribution >= 0.6 is 11.5 Å². The van der Waals surface area contributed by atoms with E-state index in [0.29, 0.717) is 31.0 Å². The smallest absolute Gasteiger partial charge is 0.431 e. The van der Waals surface area contributed by atoms with Gasteiger partial charge in [-0.15, -0.1) is 0 Å². The maximum Gasteiger partial charge on any atom is 0.431 e. The Kier molecular flexibility index (Phi) is 5.49. The first-order valence-electron chi connectivity index (χ1n) is 9.23. The van der Waals surface area contributed by atoms with E-state index in [4.69, 9.17) is 4.74 Å². The van der Waals surface area contributed by atoms with Gasteiger partial charge in [0.25, 0.3) is 5.56 Å². The van der Waals surface area contributed by atoms with Gasteiger partial charge in [0.2, 0.25) is 0 Å². The Hall–Kier alpha value is -4.00. The Labute approximate surface area is 186 Å². The molecule has 0 unspecified atom stereocenters. The fraction of sp³-hybridized carbons (Fsp3) is 0.150. The molecule has 0 bridgehead atoms. The summed E-state index contributed by atoms with van der Waals surface area (Å²) in [7, 11) is 0.928. The number of rotatable bonds is 5. The van der Waals surface area contributed by atoms with Crippen molar-refractivity contribution in [3.05, 3.63) is 90.9 Å². The number of hydrogen-bond acceptors (Lipinski definition) is 7. The first kappa shape index (κ1) is 22.2. The van der Waals surface area contributed by atoms with Crippen molar-refractivity contribution in [2.24, 2.45) is 7.05 Å². The summed E-state index contributed by atoms with van der Waals surface area (Å²) >= 11 is 1.10. The summed E-state index contributed by atoms with van der Waals surface area (Å²) in [4.78, 5) is 35.5. The SMILES string of the molecule is Cn1c(C(F)(F)F)cc(=O)n(-c2ccc3snc(COc4ccccc4[N+](=O)[O-])c3c2)c1=O. The largest absolute Gasteiger partial charge is 0.480 e. The molecule has 0 atom stereocenters. The summed E-state index contributed by atoms with van der Waals surface area (Å²) in [6.45, 7) is -0.145. The maximum absolute atomic E-state index is 13.1. The molecule has 2 aromatic heterocycles. The van der Waals surface area contributed by atoms with Crippen LogP contribution in [0.4, 0.5) is 18.9 Å². The van der Waals surface area contributed by atoms with Crippen molar-refractivity contribution in [2.45, 2.75) is 12.8 Å². The zero-order valence-electron chi connectivity index (χ0n) is 16.7. The topological polar surface area (TPSA) is 109 Å². The van der Waals surface area contributed by atoms with Crippen molar-refractivity contribution in [1.82, 2.24) is 13.5 Å². The number of alkyl halides is 3. The molecule has 0 N–H and O–H groups in total. The molecule has 0 aliphatic heterocycles. The summed E-state index contributed by atoms with van der Waals surface area (Å²) in [6, 6.07) is 10.6. The number of aromatic nitrogens is 3. The van der Waals surface area contributed by atoms with E-state index in [2.05, 4.69) is 4.37 Å². The zero-order valence-corrected chi connectivity index (χ0v) is 17.5. The van der Waals surface area contributed by atoms with E-state index in [1.54, 1.807) is 12.1 Å². The lowest BCUT2D eigenvalue weighted by Gasteiger charge is -2.14. The zero-order chi connectivity index (χ0) is 23.9. The van der Waals surface area contributed by atoms with Crippen molar-refractivity contribution in [3.63, 3.8) is 0 Å². The van der Waals surface area contributed by atoms with E-state index in [1.165, 1.54) is 30.3 Å². The summed E-state index contributed by atoms with van der Waals surface area (Å²) in [5.41, 5.74) is -3.44. The highest BCUT2D eigenvalue weighted by Gasteiger charge is 2.35. The van der Waals surface area contributed by atoms with Crippen LogP contribution in [0.15, 0.2) is 58.1 Å². The molecule has 2 aromatic carbocycles. The normalized spacial score (nSPS) is 11.6. The molecule has 13 heteroatoms. The predicted octanol–water partition coefficient (Wildman–Crippen LogP) is 3.65. The molecule has 170 valence electrons. The fourth-order valence-electron chi connectivity index (χ4n) is 3.23. The van der Waals surface area contributed by atoms with Crippen molar-refractivity contribution >= 4 is 27.3 Å². The molecule has 0 aliphatic carbocycles. The van der Waals surface area contributed by atoms with Crippen LogP contribution in [0.1, 0.15) is 11.4 Å². The number of halogens is 3. The van der Waals surface area contributed by atoms with Gasteiger partial charge in [0.05, 0.1) is 21.0 Å². The molecule has 0 saturated heterocycles. The van der Waals surface area contributed by atoms with Crippen LogP contribution in [0.2, 0.25) is 0 Å². The van der Waals surface area contributed by atoms with Crippen molar-refractivity contribution < 1.29 is 22.8 Å². The van der Waals surface area contributed by atoms with E-state index < -0.39 is 28.0 Å². The highest BCUT2D eigenvalue weighted by atomic mass is 32.1. The predicted molar refractivity (Wildman–Crippen MR) is 113 cm³/mol. The lowest BCUT2D eigenvalue weighted by molar-refractivity contribution is -0.385. The lowest BCUT2D eigenvalue weighted by atomic mass is 10.2. The van der Waals surface area contributed by atoms with Crippen LogP contribution in [-0.2, 0) is 19.8 Å². The minimum atomic E-state index is -4.86. The summed E-state index contributed by atoms with van der Waals surface area (Å²) in [6.07, 6.45) is -4.86. The maximum atomic E-state index is 13.1. The van der Waals surface area contributed by atoms with Crippen LogP contribution in [0.25, 0.3) is 15.8 Å². The van der Waals surface area contributed by atoms with E-state index >= 15 is 0 Å². The molecule has 33 heavy (non-hydrogen) atoms.